The van der Waals surface area contributed by atoms with E-state index < -0.39 is 6.04 Å². The number of hydrogen-bond acceptors (Lipinski definition) is 4. The maximum absolute atomic E-state index is 12.5. The molecule has 2 unspecified atom stereocenters. The number of nitriles is 1. The second kappa shape index (κ2) is 6.40. The molecule has 1 aliphatic heterocycles. The molecule has 1 aromatic carbocycles. The molecule has 1 aromatic heterocycles. The summed E-state index contributed by atoms with van der Waals surface area (Å²) in [5, 5.41) is 12.3. The zero-order valence-corrected chi connectivity index (χ0v) is 14.0. The Labute approximate surface area is 144 Å². The average molecular weight is 338 g/mol. The van der Waals surface area contributed by atoms with Gasteiger partial charge in [-0.2, -0.15) is 5.26 Å². The first-order valence-corrected chi connectivity index (χ1v) is 8.02. The van der Waals surface area contributed by atoms with Gasteiger partial charge in [0, 0.05) is 30.1 Å². The van der Waals surface area contributed by atoms with Crippen LogP contribution in [0.5, 0.6) is 0 Å². The van der Waals surface area contributed by atoms with Crippen molar-refractivity contribution in [3.63, 3.8) is 0 Å². The largest absolute Gasteiger partial charge is 0.340 e. The summed E-state index contributed by atoms with van der Waals surface area (Å²) in [6.45, 7) is 3.36. The van der Waals surface area contributed by atoms with Crippen molar-refractivity contribution < 1.29 is 14.4 Å². The molecule has 0 aliphatic carbocycles. The maximum Gasteiger partial charge on any atom is 0.251 e. The lowest BCUT2D eigenvalue weighted by Gasteiger charge is -2.17. The van der Waals surface area contributed by atoms with E-state index in [4.69, 9.17) is 5.26 Å². The van der Waals surface area contributed by atoms with Crippen molar-refractivity contribution >= 4 is 28.6 Å². The fourth-order valence-electron chi connectivity index (χ4n) is 3.22. The van der Waals surface area contributed by atoms with Crippen LogP contribution in [0.25, 0.3) is 10.9 Å². The highest BCUT2D eigenvalue weighted by atomic mass is 16.2. The van der Waals surface area contributed by atoms with Crippen molar-refractivity contribution in [3.05, 3.63) is 36.0 Å². The zero-order valence-electron chi connectivity index (χ0n) is 14.0. The predicted octanol–water partition coefficient (Wildman–Crippen LogP) is 1.54. The minimum absolute atomic E-state index is 0.0247. The number of fused-ring (bicyclic) bond motifs is 1. The third-order valence-electron chi connectivity index (χ3n) is 4.53. The summed E-state index contributed by atoms with van der Waals surface area (Å²) >= 11 is 0. The summed E-state index contributed by atoms with van der Waals surface area (Å²) in [7, 11) is 0. The van der Waals surface area contributed by atoms with E-state index in [1.165, 1.54) is 16.4 Å². The topological polar surface area (TPSA) is 95.2 Å². The Bertz CT molecular complexity index is 909. The van der Waals surface area contributed by atoms with Crippen LogP contribution in [-0.2, 0) is 4.79 Å². The second-order valence-corrected chi connectivity index (χ2v) is 6.21. The number of aromatic nitrogens is 1. The third-order valence-corrected chi connectivity index (χ3v) is 4.53. The lowest BCUT2D eigenvalue weighted by atomic mass is 10.1. The van der Waals surface area contributed by atoms with Crippen LogP contribution in [-0.4, -0.2) is 45.8 Å². The highest BCUT2D eigenvalue weighted by molar-refractivity contribution is 6.02. The minimum atomic E-state index is -0.617. The van der Waals surface area contributed by atoms with E-state index in [0.29, 0.717) is 12.0 Å². The molecule has 3 rings (SSSR count). The molecular weight excluding hydrogens is 320 g/mol. The van der Waals surface area contributed by atoms with Gasteiger partial charge in [-0.15, -0.1) is 0 Å². The lowest BCUT2D eigenvalue weighted by molar-refractivity contribution is -0.129. The molecule has 25 heavy (non-hydrogen) atoms. The maximum atomic E-state index is 12.5. The fraction of sp³-hybridized carbons (Fsp3) is 0.333. The summed E-state index contributed by atoms with van der Waals surface area (Å²) in [5.41, 5.74) is 1.16. The minimum Gasteiger partial charge on any atom is -0.340 e. The van der Waals surface area contributed by atoms with Gasteiger partial charge < -0.3 is 10.2 Å². The third kappa shape index (κ3) is 2.98. The Morgan fingerprint density at radius 1 is 1.36 bits per heavy atom. The van der Waals surface area contributed by atoms with Gasteiger partial charge >= 0.3 is 0 Å². The number of carbonyl (C=O) groups is 3. The van der Waals surface area contributed by atoms with Gasteiger partial charge in [-0.1, -0.05) is 0 Å². The molecule has 7 nitrogen and oxygen atoms in total. The Morgan fingerprint density at radius 2 is 2.12 bits per heavy atom. The molecular formula is C18H18N4O3. The Morgan fingerprint density at radius 3 is 2.80 bits per heavy atom. The fourth-order valence-corrected chi connectivity index (χ4v) is 3.22. The number of likely N-dealkylation sites (tertiary alicyclic amines) is 1. The quantitative estimate of drug-likeness (QED) is 0.859. The molecule has 2 atom stereocenters. The first-order chi connectivity index (χ1) is 11.9. The molecule has 1 saturated heterocycles. The van der Waals surface area contributed by atoms with E-state index in [9.17, 15) is 14.4 Å². The van der Waals surface area contributed by atoms with Crippen LogP contribution in [0.3, 0.4) is 0 Å². The number of rotatable bonds is 3. The molecule has 0 radical (unpaired) electrons. The summed E-state index contributed by atoms with van der Waals surface area (Å²) in [5.74, 6) is -0.677. The SMILES string of the molecule is CC(=O)n1ccc2cc(C(=O)NC3CC(C)N(CC#N)C3=O)ccc21. The van der Waals surface area contributed by atoms with Gasteiger partial charge in [-0.3, -0.25) is 19.0 Å². The van der Waals surface area contributed by atoms with Crippen LogP contribution in [0.2, 0.25) is 0 Å². The Hall–Kier alpha value is -3.14. The normalized spacial score (nSPS) is 19.9. The molecule has 2 amide bonds. The van der Waals surface area contributed by atoms with Gasteiger partial charge in [0.2, 0.25) is 11.8 Å². The van der Waals surface area contributed by atoms with Crippen LogP contribution in [0.1, 0.15) is 35.4 Å². The molecule has 1 fully saturated rings. The highest BCUT2D eigenvalue weighted by Gasteiger charge is 2.37. The number of amides is 2. The van der Waals surface area contributed by atoms with E-state index in [2.05, 4.69) is 5.32 Å². The number of benzene rings is 1. The molecule has 2 aromatic rings. The zero-order chi connectivity index (χ0) is 18.1. The molecule has 7 heteroatoms. The predicted molar refractivity (Wildman–Crippen MR) is 90.9 cm³/mol. The van der Waals surface area contributed by atoms with Crippen molar-refractivity contribution in [2.45, 2.75) is 32.4 Å². The average Bonchev–Trinajstić information content (AvgIpc) is 3.11. The molecule has 1 aliphatic rings. The van der Waals surface area contributed by atoms with Crippen LogP contribution >= 0.6 is 0 Å². The summed E-state index contributed by atoms with van der Waals surface area (Å²) in [6.07, 6.45) is 2.14. The van der Waals surface area contributed by atoms with Crippen molar-refractivity contribution in [1.29, 1.82) is 5.26 Å². The van der Waals surface area contributed by atoms with Crippen molar-refractivity contribution in [2.75, 3.05) is 6.54 Å². The first-order valence-electron chi connectivity index (χ1n) is 8.02. The van der Waals surface area contributed by atoms with E-state index in [1.807, 2.05) is 13.0 Å². The summed E-state index contributed by atoms with van der Waals surface area (Å²) in [6, 6.07) is 8.08. The van der Waals surface area contributed by atoms with Crippen LogP contribution in [0, 0.1) is 11.3 Å². The molecule has 0 saturated carbocycles. The van der Waals surface area contributed by atoms with Gasteiger partial charge in [0.15, 0.2) is 0 Å². The monoisotopic (exact) mass is 338 g/mol. The van der Waals surface area contributed by atoms with Crippen LogP contribution < -0.4 is 5.32 Å². The standard InChI is InChI=1S/C18H18N4O3/c1-11-9-15(18(25)21(11)8-6-19)20-17(24)14-3-4-16-13(10-14)5-7-22(16)12(2)23/h3-5,7,10-11,15H,8-9H2,1-2H3,(H,20,24). The lowest BCUT2D eigenvalue weighted by Crippen LogP contribution is -2.41. The molecule has 1 N–H and O–H groups in total. The number of nitrogens with one attached hydrogen (secondary N) is 1. The van der Waals surface area contributed by atoms with Gasteiger partial charge in [-0.05, 0) is 37.6 Å². The summed E-state index contributed by atoms with van der Waals surface area (Å²) < 4.78 is 1.51. The number of nitrogens with zero attached hydrogens (tertiary/aromatic N) is 3. The van der Waals surface area contributed by atoms with E-state index >= 15 is 0 Å². The van der Waals surface area contributed by atoms with Gasteiger partial charge in [0.05, 0.1) is 11.6 Å². The molecule has 2 heterocycles. The van der Waals surface area contributed by atoms with Crippen LogP contribution in [0.15, 0.2) is 30.5 Å². The number of hydrogen-bond donors (Lipinski definition) is 1. The van der Waals surface area contributed by atoms with Gasteiger partial charge in [0.25, 0.3) is 5.91 Å². The molecule has 0 bridgehead atoms. The second-order valence-electron chi connectivity index (χ2n) is 6.21. The van der Waals surface area contributed by atoms with E-state index in [1.54, 1.807) is 30.5 Å². The van der Waals surface area contributed by atoms with Gasteiger partial charge in [-0.25, -0.2) is 0 Å². The van der Waals surface area contributed by atoms with Gasteiger partial charge in [0.1, 0.15) is 12.6 Å². The van der Waals surface area contributed by atoms with E-state index in [-0.39, 0.29) is 30.3 Å². The number of carbonyl (C=O) groups excluding carboxylic acids is 3. The Kier molecular flexibility index (Phi) is 4.28. The Balaban J connectivity index is 1.78. The molecule has 128 valence electrons. The smallest absolute Gasteiger partial charge is 0.251 e. The van der Waals surface area contributed by atoms with E-state index in [0.717, 1.165) is 10.9 Å². The van der Waals surface area contributed by atoms with Crippen molar-refractivity contribution in [1.82, 2.24) is 14.8 Å². The summed E-state index contributed by atoms with van der Waals surface area (Å²) in [4.78, 5) is 37.8. The highest BCUT2D eigenvalue weighted by Crippen LogP contribution is 2.21. The first kappa shape index (κ1) is 16.7. The van der Waals surface area contributed by atoms with Crippen molar-refractivity contribution in [3.8, 4) is 6.07 Å². The van der Waals surface area contributed by atoms with Crippen LogP contribution in [0.4, 0.5) is 0 Å². The van der Waals surface area contributed by atoms with Crippen molar-refractivity contribution in [2.24, 2.45) is 0 Å². The molecule has 0 spiro atoms.